The molecule has 16 heavy (non-hydrogen) atoms. The lowest BCUT2D eigenvalue weighted by molar-refractivity contribution is 0.173. The largest absolute Gasteiger partial charge is 0.314 e. The summed E-state index contributed by atoms with van der Waals surface area (Å²) < 4.78 is 0. The minimum atomic E-state index is 0.615. The average molecular weight is 224 g/mol. The predicted octanol–water partition coefficient (Wildman–Crippen LogP) is 2.80. The van der Waals surface area contributed by atoms with E-state index < -0.39 is 0 Å². The molecule has 1 unspecified atom stereocenters. The second-order valence-corrected chi connectivity index (χ2v) is 5.30. The first-order valence-corrected chi connectivity index (χ1v) is 6.75. The molecule has 0 aromatic carbocycles. The van der Waals surface area contributed by atoms with Crippen LogP contribution in [0.3, 0.4) is 0 Å². The Kier molecular flexibility index (Phi) is 6.07. The van der Waals surface area contributed by atoms with Crippen molar-refractivity contribution in [2.24, 2.45) is 0 Å². The first kappa shape index (κ1) is 13.7. The van der Waals surface area contributed by atoms with Crippen LogP contribution >= 0.6 is 0 Å². The maximum absolute atomic E-state index is 3.84. The fraction of sp³-hybridized carbons (Fsp3) is 0.857. The molecule has 1 atom stereocenters. The van der Waals surface area contributed by atoms with Gasteiger partial charge in [-0.15, -0.1) is 6.58 Å². The predicted molar refractivity (Wildman–Crippen MR) is 71.8 cm³/mol. The minimum Gasteiger partial charge on any atom is -0.314 e. The number of hydrogen-bond donors (Lipinski definition) is 1. The molecular weight excluding hydrogens is 196 g/mol. The first-order valence-electron chi connectivity index (χ1n) is 6.75. The van der Waals surface area contributed by atoms with E-state index in [-0.39, 0.29) is 0 Å². The Bertz CT molecular complexity index is 197. The first-order chi connectivity index (χ1) is 7.65. The van der Waals surface area contributed by atoms with Crippen molar-refractivity contribution in [2.45, 2.75) is 64.6 Å². The van der Waals surface area contributed by atoms with Crippen LogP contribution in [0.25, 0.3) is 0 Å². The van der Waals surface area contributed by atoms with Crippen molar-refractivity contribution in [1.29, 1.82) is 0 Å². The van der Waals surface area contributed by atoms with E-state index in [0.717, 1.165) is 12.6 Å². The molecule has 2 heteroatoms. The maximum atomic E-state index is 3.84. The second-order valence-electron chi connectivity index (χ2n) is 5.30. The van der Waals surface area contributed by atoms with E-state index in [4.69, 9.17) is 0 Å². The molecule has 1 N–H and O–H groups in total. The van der Waals surface area contributed by atoms with Crippen molar-refractivity contribution in [2.75, 3.05) is 13.1 Å². The highest BCUT2D eigenvalue weighted by molar-refractivity contribution is 4.82. The molecule has 0 aromatic rings. The van der Waals surface area contributed by atoms with Crippen LogP contribution in [0.1, 0.15) is 46.5 Å². The molecular formula is C14H28N2. The lowest BCUT2D eigenvalue weighted by Gasteiger charge is -2.31. The van der Waals surface area contributed by atoms with Crippen LogP contribution in [0, 0.1) is 0 Å². The molecule has 0 aromatic heterocycles. The van der Waals surface area contributed by atoms with Gasteiger partial charge in [-0.05, 0) is 53.0 Å². The van der Waals surface area contributed by atoms with Crippen molar-refractivity contribution >= 4 is 0 Å². The monoisotopic (exact) mass is 224 g/mol. The summed E-state index contributed by atoms with van der Waals surface area (Å²) in [5, 5.41) is 3.57. The summed E-state index contributed by atoms with van der Waals surface area (Å²) in [5.41, 5.74) is 0. The van der Waals surface area contributed by atoms with Gasteiger partial charge in [0.1, 0.15) is 0 Å². The third kappa shape index (κ3) is 5.13. The zero-order valence-corrected chi connectivity index (χ0v) is 11.2. The average Bonchev–Trinajstić information content (AvgIpc) is 3.04. The van der Waals surface area contributed by atoms with Crippen LogP contribution in [-0.2, 0) is 0 Å². The zero-order chi connectivity index (χ0) is 12.0. The topological polar surface area (TPSA) is 15.3 Å². The molecule has 0 spiro atoms. The van der Waals surface area contributed by atoms with E-state index >= 15 is 0 Å². The van der Waals surface area contributed by atoms with Gasteiger partial charge in [0.05, 0.1) is 0 Å². The molecule has 94 valence electrons. The summed E-state index contributed by atoms with van der Waals surface area (Å²) in [6, 6.07) is 2.13. The molecule has 0 radical (unpaired) electrons. The molecule has 1 aliphatic carbocycles. The number of rotatable bonds is 9. The Hall–Kier alpha value is -0.340. The summed E-state index contributed by atoms with van der Waals surface area (Å²) in [4.78, 5) is 2.52. The summed E-state index contributed by atoms with van der Waals surface area (Å²) in [6.07, 6.45) is 7.37. The standard InChI is InChI=1S/C14H28N2/c1-5-11-16(12(2)3)13(4)7-6-10-15-14-8-9-14/h5,12-15H,1,6-11H2,2-4H3. The van der Waals surface area contributed by atoms with Crippen molar-refractivity contribution in [3.8, 4) is 0 Å². The van der Waals surface area contributed by atoms with E-state index in [9.17, 15) is 0 Å². The van der Waals surface area contributed by atoms with Gasteiger partial charge < -0.3 is 5.32 Å². The zero-order valence-electron chi connectivity index (χ0n) is 11.2. The Labute approximate surface area is 101 Å². The fourth-order valence-electron chi connectivity index (χ4n) is 2.21. The van der Waals surface area contributed by atoms with Crippen molar-refractivity contribution in [3.63, 3.8) is 0 Å². The lowest BCUT2D eigenvalue weighted by Crippen LogP contribution is -2.39. The van der Waals surface area contributed by atoms with Crippen molar-refractivity contribution in [3.05, 3.63) is 12.7 Å². The molecule has 0 saturated heterocycles. The normalized spacial score (nSPS) is 18.1. The van der Waals surface area contributed by atoms with E-state index in [1.165, 1.54) is 32.2 Å². The lowest BCUT2D eigenvalue weighted by atomic mass is 10.1. The smallest absolute Gasteiger partial charge is 0.0166 e. The van der Waals surface area contributed by atoms with Gasteiger partial charge in [0.2, 0.25) is 0 Å². The van der Waals surface area contributed by atoms with Gasteiger partial charge in [-0.25, -0.2) is 0 Å². The quantitative estimate of drug-likeness (QED) is 0.478. The summed E-state index contributed by atoms with van der Waals surface area (Å²) in [6.45, 7) is 12.9. The molecule has 1 saturated carbocycles. The van der Waals surface area contributed by atoms with Crippen molar-refractivity contribution in [1.82, 2.24) is 10.2 Å². The van der Waals surface area contributed by atoms with Gasteiger partial charge >= 0.3 is 0 Å². The minimum absolute atomic E-state index is 0.615. The molecule has 1 rings (SSSR count). The van der Waals surface area contributed by atoms with Gasteiger partial charge in [-0.1, -0.05) is 6.08 Å². The fourth-order valence-corrected chi connectivity index (χ4v) is 2.21. The molecule has 0 bridgehead atoms. The SMILES string of the molecule is C=CCN(C(C)C)C(C)CCCNC1CC1. The summed E-state index contributed by atoms with van der Waals surface area (Å²) in [5.74, 6) is 0. The Balaban J connectivity index is 2.13. The van der Waals surface area contributed by atoms with Crippen LogP contribution in [-0.4, -0.2) is 36.1 Å². The van der Waals surface area contributed by atoms with Crippen LogP contribution < -0.4 is 5.32 Å². The van der Waals surface area contributed by atoms with Crippen LogP contribution in [0.5, 0.6) is 0 Å². The van der Waals surface area contributed by atoms with Gasteiger partial charge in [0.15, 0.2) is 0 Å². The molecule has 0 aliphatic heterocycles. The summed E-state index contributed by atoms with van der Waals surface area (Å²) >= 11 is 0. The van der Waals surface area contributed by atoms with Crippen LogP contribution in [0.2, 0.25) is 0 Å². The molecule has 1 aliphatic rings. The number of hydrogen-bond acceptors (Lipinski definition) is 2. The molecule has 1 fully saturated rings. The van der Waals surface area contributed by atoms with Crippen molar-refractivity contribution < 1.29 is 0 Å². The van der Waals surface area contributed by atoms with Gasteiger partial charge in [-0.3, -0.25) is 4.90 Å². The van der Waals surface area contributed by atoms with E-state index in [1.807, 2.05) is 6.08 Å². The summed E-state index contributed by atoms with van der Waals surface area (Å²) in [7, 11) is 0. The Morgan fingerprint density at radius 2 is 2.06 bits per heavy atom. The molecule has 2 nitrogen and oxygen atoms in total. The van der Waals surface area contributed by atoms with Gasteiger partial charge in [0, 0.05) is 24.7 Å². The number of nitrogens with one attached hydrogen (secondary N) is 1. The highest BCUT2D eigenvalue weighted by Gasteiger charge is 2.20. The highest BCUT2D eigenvalue weighted by atomic mass is 15.2. The molecule has 0 heterocycles. The van der Waals surface area contributed by atoms with Crippen LogP contribution in [0.4, 0.5) is 0 Å². The van der Waals surface area contributed by atoms with E-state index in [0.29, 0.717) is 12.1 Å². The van der Waals surface area contributed by atoms with Gasteiger partial charge in [0.25, 0.3) is 0 Å². The molecule has 0 amide bonds. The Morgan fingerprint density at radius 1 is 1.38 bits per heavy atom. The third-order valence-corrected chi connectivity index (χ3v) is 3.38. The maximum Gasteiger partial charge on any atom is 0.0166 e. The third-order valence-electron chi connectivity index (χ3n) is 3.38. The Morgan fingerprint density at radius 3 is 2.56 bits per heavy atom. The highest BCUT2D eigenvalue weighted by Crippen LogP contribution is 2.18. The second kappa shape index (κ2) is 7.08. The number of nitrogens with zero attached hydrogens (tertiary/aromatic N) is 1. The van der Waals surface area contributed by atoms with E-state index in [1.54, 1.807) is 0 Å². The van der Waals surface area contributed by atoms with Gasteiger partial charge in [-0.2, -0.15) is 0 Å². The van der Waals surface area contributed by atoms with Crippen LogP contribution in [0.15, 0.2) is 12.7 Å². The van der Waals surface area contributed by atoms with E-state index in [2.05, 4.69) is 37.6 Å².